The second kappa shape index (κ2) is 15.0. The summed E-state index contributed by atoms with van der Waals surface area (Å²) in [5.41, 5.74) is 23.9. The molecule has 0 N–H and O–H groups in total. The van der Waals surface area contributed by atoms with E-state index in [0.29, 0.717) is 0 Å². The van der Waals surface area contributed by atoms with Gasteiger partial charge < -0.3 is 19.1 Å². The van der Waals surface area contributed by atoms with E-state index in [4.69, 9.17) is 4.42 Å². The summed E-state index contributed by atoms with van der Waals surface area (Å²) in [7, 11) is 0. The Morgan fingerprint density at radius 2 is 0.929 bits per heavy atom. The second-order valence-electron chi connectivity index (χ2n) is 23.6. The summed E-state index contributed by atoms with van der Waals surface area (Å²) in [5.74, 6) is 0. The van der Waals surface area contributed by atoms with Gasteiger partial charge in [-0.3, -0.25) is 0 Å². The number of anilines is 9. The van der Waals surface area contributed by atoms with Crippen LogP contribution in [0.2, 0.25) is 0 Å². The van der Waals surface area contributed by atoms with Gasteiger partial charge in [-0.1, -0.05) is 128 Å². The number of rotatable bonds is 5. The molecule has 13 rings (SSSR count). The third kappa shape index (κ3) is 6.42. The summed E-state index contributed by atoms with van der Waals surface area (Å²) in [5, 5.41) is 2.25. The van der Waals surface area contributed by atoms with Gasteiger partial charge in [-0.2, -0.15) is 0 Å². The Balaban J connectivity index is 1.13. The van der Waals surface area contributed by atoms with Gasteiger partial charge in [0.25, 0.3) is 6.71 Å². The molecule has 2 aliphatic heterocycles. The highest BCUT2D eigenvalue weighted by Crippen LogP contribution is 2.53. The smallest absolute Gasteiger partial charge is 0.252 e. The van der Waals surface area contributed by atoms with Crippen LogP contribution >= 0.6 is 0 Å². The molecule has 0 bridgehead atoms. The van der Waals surface area contributed by atoms with Crippen LogP contribution in [0.25, 0.3) is 21.9 Å². The highest BCUT2D eigenvalue weighted by atomic mass is 16.3. The summed E-state index contributed by atoms with van der Waals surface area (Å²) in [6.07, 6.45) is 4.68. The van der Waals surface area contributed by atoms with Gasteiger partial charge >= 0.3 is 0 Å². The molecule has 4 aliphatic rings. The second-order valence-corrected chi connectivity index (χ2v) is 23.6. The molecule has 3 heterocycles. The lowest BCUT2D eigenvalue weighted by atomic mass is 9.33. The van der Waals surface area contributed by atoms with Crippen LogP contribution in [-0.4, -0.2) is 6.71 Å². The zero-order valence-electron chi connectivity index (χ0n) is 42.2. The first kappa shape index (κ1) is 43.1. The number of hydrogen-bond acceptors (Lipinski definition) is 4. The third-order valence-electron chi connectivity index (χ3n) is 17.2. The zero-order valence-corrected chi connectivity index (χ0v) is 42.2. The van der Waals surface area contributed by atoms with Crippen molar-refractivity contribution in [3.8, 4) is 0 Å². The lowest BCUT2D eigenvalue weighted by Gasteiger charge is -2.48. The van der Waals surface area contributed by atoms with Crippen molar-refractivity contribution < 1.29 is 4.42 Å². The predicted molar refractivity (Wildman–Crippen MR) is 298 cm³/mol. The summed E-state index contributed by atoms with van der Waals surface area (Å²) in [4.78, 5) is 7.65. The van der Waals surface area contributed by atoms with Crippen molar-refractivity contribution in [1.82, 2.24) is 0 Å². The van der Waals surface area contributed by atoms with Gasteiger partial charge in [0, 0.05) is 62.0 Å². The Hall–Kier alpha value is -6.98. The quantitative estimate of drug-likeness (QED) is 0.161. The summed E-state index contributed by atoms with van der Waals surface area (Å²) < 4.78 is 6.48. The fourth-order valence-electron chi connectivity index (χ4n) is 13.0. The van der Waals surface area contributed by atoms with E-state index in [1.807, 2.05) is 0 Å². The normalized spacial score (nSPS) is 17.6. The number of fused-ring (bicyclic) bond motifs is 9. The van der Waals surface area contributed by atoms with E-state index in [0.717, 1.165) is 57.5 Å². The van der Waals surface area contributed by atoms with E-state index in [9.17, 15) is 0 Å². The average molecular weight is 912 g/mol. The van der Waals surface area contributed by atoms with E-state index in [-0.39, 0.29) is 28.4 Å². The third-order valence-corrected chi connectivity index (χ3v) is 17.2. The van der Waals surface area contributed by atoms with E-state index < -0.39 is 0 Å². The molecule has 70 heavy (non-hydrogen) atoms. The maximum Gasteiger partial charge on any atom is 0.252 e. The van der Waals surface area contributed by atoms with Crippen molar-refractivity contribution in [2.45, 2.75) is 110 Å². The minimum absolute atomic E-state index is 0.0170. The first-order valence-electron chi connectivity index (χ1n) is 25.6. The highest BCUT2D eigenvalue weighted by Gasteiger charge is 2.47. The lowest BCUT2D eigenvalue weighted by molar-refractivity contribution is 0.332. The molecule has 0 unspecified atom stereocenters. The number of furan rings is 1. The monoisotopic (exact) mass is 911 g/mol. The molecule has 2 aliphatic carbocycles. The van der Waals surface area contributed by atoms with Crippen LogP contribution in [-0.2, 0) is 21.7 Å². The number of para-hydroxylation sites is 3. The van der Waals surface area contributed by atoms with E-state index in [1.54, 1.807) is 0 Å². The number of aryl methyl sites for hydroxylation is 1. The van der Waals surface area contributed by atoms with Crippen molar-refractivity contribution in [3.05, 3.63) is 192 Å². The number of benzene rings is 8. The van der Waals surface area contributed by atoms with Crippen LogP contribution < -0.4 is 31.1 Å². The maximum atomic E-state index is 6.48. The Bertz CT molecular complexity index is 3560. The van der Waals surface area contributed by atoms with Crippen molar-refractivity contribution >= 4 is 96.2 Å². The van der Waals surface area contributed by atoms with Crippen molar-refractivity contribution in [3.63, 3.8) is 0 Å². The standard InChI is InChI=1S/C65H62BN3O/c1-41-34-57-61-58(35-41)69(45-24-27-49-50(37-45)63(4,5)31-30-62(49,2)3)56-40-52-51(64(6,7)32-33-65(52,8)9)39-54(56)66(61)53-28-25-46(67(42-18-12-10-13-19-42)43-20-14-11-15-21-43)38-55(53)68(57)44-26-29-60-48(36-44)47-22-16-17-23-59(47)70-60/h10-29,34-40H,30-33H2,1-9H3. The lowest BCUT2D eigenvalue weighted by Crippen LogP contribution is -2.62. The summed E-state index contributed by atoms with van der Waals surface area (Å²) in [6, 6.07) is 61.9. The van der Waals surface area contributed by atoms with Gasteiger partial charge in [0.2, 0.25) is 0 Å². The van der Waals surface area contributed by atoms with E-state index >= 15 is 0 Å². The Morgan fingerprint density at radius 1 is 0.414 bits per heavy atom. The molecule has 346 valence electrons. The largest absolute Gasteiger partial charge is 0.456 e. The van der Waals surface area contributed by atoms with Crippen LogP contribution in [0.15, 0.2) is 168 Å². The van der Waals surface area contributed by atoms with Crippen molar-refractivity contribution in [2.75, 3.05) is 14.7 Å². The van der Waals surface area contributed by atoms with Crippen LogP contribution in [0.3, 0.4) is 0 Å². The number of hydrogen-bond donors (Lipinski definition) is 0. The van der Waals surface area contributed by atoms with Crippen molar-refractivity contribution in [2.24, 2.45) is 0 Å². The minimum atomic E-state index is -0.0170. The molecule has 4 nitrogen and oxygen atoms in total. The molecule has 0 radical (unpaired) electrons. The van der Waals surface area contributed by atoms with E-state index in [1.165, 1.54) is 85.5 Å². The molecule has 0 atom stereocenters. The minimum Gasteiger partial charge on any atom is -0.456 e. The van der Waals surface area contributed by atoms with Gasteiger partial charge in [0.05, 0.1) is 0 Å². The molecule has 0 spiro atoms. The fourth-order valence-corrected chi connectivity index (χ4v) is 13.0. The zero-order chi connectivity index (χ0) is 48.1. The van der Waals surface area contributed by atoms with Gasteiger partial charge in [0.15, 0.2) is 0 Å². The summed E-state index contributed by atoms with van der Waals surface area (Å²) in [6.45, 7) is 22.0. The maximum absolute atomic E-state index is 6.48. The molecule has 1 aromatic heterocycles. The SMILES string of the molecule is Cc1cc2c3c(c1)N(c1ccc4c(c1)C(C)(C)CCC4(C)C)c1cc4c(cc1B3c1ccc(N(c3ccccc3)c3ccccc3)cc1N2c1ccc2oc3ccccc3c2c1)C(C)(C)CCC4(C)C. The molecule has 0 saturated carbocycles. The molecular weight excluding hydrogens is 850 g/mol. The Kier molecular flexibility index (Phi) is 9.24. The Morgan fingerprint density at radius 3 is 1.57 bits per heavy atom. The van der Waals surface area contributed by atoms with Gasteiger partial charge in [-0.25, -0.2) is 0 Å². The highest BCUT2D eigenvalue weighted by molar-refractivity contribution is 7.00. The molecule has 8 aromatic carbocycles. The van der Waals surface area contributed by atoms with Gasteiger partial charge in [-0.05, 0) is 189 Å². The van der Waals surface area contributed by atoms with Gasteiger partial charge in [0.1, 0.15) is 11.2 Å². The van der Waals surface area contributed by atoms with Crippen LogP contribution in [0, 0.1) is 6.92 Å². The molecule has 0 saturated heterocycles. The first-order chi connectivity index (χ1) is 33.6. The predicted octanol–water partition coefficient (Wildman–Crippen LogP) is 16.1. The molecular formula is C65H62BN3O. The molecule has 0 amide bonds. The fraction of sp³-hybridized carbons (Fsp3) is 0.262. The van der Waals surface area contributed by atoms with Gasteiger partial charge in [-0.15, -0.1) is 0 Å². The topological polar surface area (TPSA) is 22.9 Å². The first-order valence-corrected chi connectivity index (χ1v) is 25.6. The summed E-state index contributed by atoms with van der Waals surface area (Å²) >= 11 is 0. The number of nitrogens with zero attached hydrogens (tertiary/aromatic N) is 3. The molecule has 0 fully saturated rings. The van der Waals surface area contributed by atoms with Crippen LogP contribution in [0.5, 0.6) is 0 Å². The van der Waals surface area contributed by atoms with Crippen molar-refractivity contribution in [1.29, 1.82) is 0 Å². The Labute approximate surface area is 414 Å². The molecule has 5 heteroatoms. The molecule has 9 aromatic rings. The van der Waals surface area contributed by atoms with Crippen LogP contribution in [0.4, 0.5) is 51.2 Å². The average Bonchev–Trinajstić information content (AvgIpc) is 3.72. The van der Waals surface area contributed by atoms with E-state index in [2.05, 4.69) is 241 Å². The van der Waals surface area contributed by atoms with Crippen LogP contribution in [0.1, 0.15) is 109 Å².